The topological polar surface area (TPSA) is 26.3 Å². The number of hydrogen-bond acceptors (Lipinski definition) is 2. The van der Waals surface area contributed by atoms with Crippen LogP contribution in [0.5, 0.6) is 5.75 Å². The third kappa shape index (κ3) is 3.24. The van der Waals surface area contributed by atoms with Crippen molar-refractivity contribution in [3.8, 4) is 5.75 Å². The number of aryl methyl sites for hydroxylation is 1. The Morgan fingerprint density at radius 2 is 2.00 bits per heavy atom. The zero-order valence-corrected chi connectivity index (χ0v) is 12.9. The number of ether oxygens (including phenoxy) is 1. The quantitative estimate of drug-likeness (QED) is 0.772. The minimum absolute atomic E-state index is 0.0836. The second-order valence-electron chi connectivity index (χ2n) is 4.92. The van der Waals surface area contributed by atoms with Crippen molar-refractivity contribution >= 4 is 17.4 Å². The first-order valence-corrected chi connectivity index (χ1v) is 6.93. The molecule has 0 radical (unpaired) electrons. The smallest absolute Gasteiger partial charge is 0.163 e. The average molecular weight is 307 g/mol. The van der Waals surface area contributed by atoms with E-state index in [9.17, 15) is 9.18 Å². The van der Waals surface area contributed by atoms with E-state index < -0.39 is 5.82 Å². The average Bonchev–Trinajstić information content (AvgIpc) is 2.45. The standard InChI is InChI=1S/C17H16ClFO2/c1-10-7-16(21-3)14(11(2)20)9-13(10)8-12-5-4-6-15(18)17(12)19/h4-7,9H,8H2,1-3H3. The Morgan fingerprint density at radius 3 is 2.62 bits per heavy atom. The number of carbonyl (C=O) groups excluding carboxylic acids is 1. The van der Waals surface area contributed by atoms with E-state index in [1.165, 1.54) is 20.1 Å². The summed E-state index contributed by atoms with van der Waals surface area (Å²) in [6.45, 7) is 3.39. The van der Waals surface area contributed by atoms with Crippen LogP contribution in [0.3, 0.4) is 0 Å². The lowest BCUT2D eigenvalue weighted by Crippen LogP contribution is -2.03. The second-order valence-corrected chi connectivity index (χ2v) is 5.33. The number of benzene rings is 2. The number of halogens is 2. The minimum Gasteiger partial charge on any atom is -0.496 e. The molecule has 4 heteroatoms. The zero-order chi connectivity index (χ0) is 15.6. The van der Waals surface area contributed by atoms with Gasteiger partial charge in [-0.2, -0.15) is 0 Å². The third-order valence-corrected chi connectivity index (χ3v) is 3.74. The van der Waals surface area contributed by atoms with Gasteiger partial charge in [-0.15, -0.1) is 0 Å². The molecular weight excluding hydrogens is 291 g/mol. The second kappa shape index (κ2) is 6.27. The van der Waals surface area contributed by atoms with E-state index in [0.29, 0.717) is 23.3 Å². The molecule has 0 atom stereocenters. The molecule has 0 aromatic heterocycles. The Hall–Kier alpha value is -1.87. The highest BCUT2D eigenvalue weighted by Gasteiger charge is 2.14. The van der Waals surface area contributed by atoms with Crippen molar-refractivity contribution in [3.63, 3.8) is 0 Å². The molecule has 0 bridgehead atoms. The summed E-state index contributed by atoms with van der Waals surface area (Å²) in [6, 6.07) is 8.48. The van der Waals surface area contributed by atoms with Gasteiger partial charge >= 0.3 is 0 Å². The number of hydrogen-bond donors (Lipinski definition) is 0. The maximum absolute atomic E-state index is 14.0. The Labute approximate surface area is 128 Å². The van der Waals surface area contributed by atoms with Gasteiger partial charge in [-0.3, -0.25) is 4.79 Å². The number of methoxy groups -OCH3 is 1. The van der Waals surface area contributed by atoms with Crippen LogP contribution in [0.25, 0.3) is 0 Å². The summed E-state index contributed by atoms with van der Waals surface area (Å²) in [4.78, 5) is 11.7. The van der Waals surface area contributed by atoms with Crippen LogP contribution in [0.2, 0.25) is 5.02 Å². The highest BCUT2D eigenvalue weighted by Crippen LogP contribution is 2.27. The Morgan fingerprint density at radius 1 is 1.29 bits per heavy atom. The van der Waals surface area contributed by atoms with E-state index >= 15 is 0 Å². The Balaban J connectivity index is 2.47. The van der Waals surface area contributed by atoms with Crippen LogP contribution in [-0.4, -0.2) is 12.9 Å². The van der Waals surface area contributed by atoms with Crippen LogP contribution in [0.15, 0.2) is 30.3 Å². The molecule has 2 nitrogen and oxygen atoms in total. The molecule has 2 rings (SSSR count). The molecule has 0 spiro atoms. The molecule has 0 fully saturated rings. The predicted molar refractivity (Wildman–Crippen MR) is 82.0 cm³/mol. The molecule has 2 aromatic rings. The summed E-state index contributed by atoms with van der Waals surface area (Å²) in [5.41, 5.74) is 2.82. The van der Waals surface area contributed by atoms with Crippen LogP contribution in [0, 0.1) is 12.7 Å². The fourth-order valence-corrected chi connectivity index (χ4v) is 2.45. The Kier molecular flexibility index (Phi) is 4.63. The number of Topliss-reactive ketones (excluding diaryl/α,β-unsaturated/α-hetero) is 1. The molecule has 0 N–H and O–H groups in total. The SMILES string of the molecule is COc1cc(C)c(Cc2cccc(Cl)c2F)cc1C(C)=O. The van der Waals surface area contributed by atoms with E-state index in [0.717, 1.165) is 11.1 Å². The molecule has 21 heavy (non-hydrogen) atoms. The van der Waals surface area contributed by atoms with Crippen molar-refractivity contribution in [1.82, 2.24) is 0 Å². The van der Waals surface area contributed by atoms with E-state index in [1.54, 1.807) is 24.3 Å². The molecule has 0 amide bonds. The van der Waals surface area contributed by atoms with Gasteiger partial charge in [0.25, 0.3) is 0 Å². The van der Waals surface area contributed by atoms with Crippen LogP contribution in [-0.2, 0) is 6.42 Å². The van der Waals surface area contributed by atoms with Crippen molar-refractivity contribution in [3.05, 3.63) is 63.4 Å². The summed E-state index contributed by atoms with van der Waals surface area (Å²) in [5.74, 6) is 0.0359. The molecule has 0 unspecified atom stereocenters. The van der Waals surface area contributed by atoms with Crippen molar-refractivity contribution in [2.75, 3.05) is 7.11 Å². The van der Waals surface area contributed by atoms with Crippen molar-refractivity contribution in [1.29, 1.82) is 0 Å². The number of rotatable bonds is 4. The molecule has 0 aliphatic carbocycles. The molecule has 110 valence electrons. The molecule has 0 saturated carbocycles. The molecule has 2 aromatic carbocycles. The fourth-order valence-electron chi connectivity index (χ4n) is 2.25. The molecular formula is C17H16ClFO2. The van der Waals surface area contributed by atoms with Crippen LogP contribution >= 0.6 is 11.6 Å². The normalized spacial score (nSPS) is 10.5. The van der Waals surface area contributed by atoms with Crippen LogP contribution in [0.4, 0.5) is 4.39 Å². The van der Waals surface area contributed by atoms with Gasteiger partial charge in [0.05, 0.1) is 17.7 Å². The summed E-state index contributed by atoms with van der Waals surface area (Å²) in [5, 5.41) is 0.102. The highest BCUT2D eigenvalue weighted by atomic mass is 35.5. The van der Waals surface area contributed by atoms with Gasteiger partial charge in [0.15, 0.2) is 5.78 Å². The van der Waals surface area contributed by atoms with Gasteiger partial charge in [0.2, 0.25) is 0 Å². The fraction of sp³-hybridized carbons (Fsp3) is 0.235. The maximum Gasteiger partial charge on any atom is 0.163 e. The molecule has 0 aliphatic heterocycles. The van der Waals surface area contributed by atoms with Crippen molar-refractivity contribution in [2.45, 2.75) is 20.3 Å². The van der Waals surface area contributed by atoms with E-state index in [1.807, 2.05) is 6.92 Å². The Bertz CT molecular complexity index is 695. The largest absolute Gasteiger partial charge is 0.496 e. The first-order valence-electron chi connectivity index (χ1n) is 6.55. The maximum atomic E-state index is 14.0. The molecule has 0 heterocycles. The lowest BCUT2D eigenvalue weighted by Gasteiger charge is -2.13. The summed E-state index contributed by atoms with van der Waals surface area (Å²) in [6.07, 6.45) is 0.377. The number of carbonyl (C=O) groups is 1. The van der Waals surface area contributed by atoms with E-state index in [4.69, 9.17) is 16.3 Å². The van der Waals surface area contributed by atoms with Crippen molar-refractivity contribution < 1.29 is 13.9 Å². The third-order valence-electron chi connectivity index (χ3n) is 3.45. The number of ketones is 1. The van der Waals surface area contributed by atoms with Gasteiger partial charge < -0.3 is 4.74 Å². The first-order chi connectivity index (χ1) is 9.93. The van der Waals surface area contributed by atoms with Gasteiger partial charge in [-0.25, -0.2) is 4.39 Å². The van der Waals surface area contributed by atoms with E-state index in [-0.39, 0.29) is 10.8 Å². The monoisotopic (exact) mass is 306 g/mol. The first kappa shape index (κ1) is 15.5. The molecule has 0 aliphatic rings. The summed E-state index contributed by atoms with van der Waals surface area (Å²) in [7, 11) is 1.53. The van der Waals surface area contributed by atoms with Crippen LogP contribution < -0.4 is 4.74 Å². The zero-order valence-electron chi connectivity index (χ0n) is 12.2. The predicted octanol–water partition coefficient (Wildman–Crippen LogP) is 4.59. The minimum atomic E-state index is -0.418. The van der Waals surface area contributed by atoms with Gasteiger partial charge in [-0.1, -0.05) is 23.7 Å². The lowest BCUT2D eigenvalue weighted by molar-refractivity contribution is 0.101. The van der Waals surface area contributed by atoms with Gasteiger partial charge in [0.1, 0.15) is 11.6 Å². The summed E-state index contributed by atoms with van der Waals surface area (Å²) < 4.78 is 19.2. The lowest BCUT2D eigenvalue weighted by atomic mass is 9.96. The van der Waals surface area contributed by atoms with Gasteiger partial charge in [0, 0.05) is 6.42 Å². The van der Waals surface area contributed by atoms with Gasteiger partial charge in [-0.05, 0) is 48.7 Å². The van der Waals surface area contributed by atoms with Crippen LogP contribution in [0.1, 0.15) is 34.0 Å². The van der Waals surface area contributed by atoms with E-state index in [2.05, 4.69) is 0 Å². The highest BCUT2D eigenvalue weighted by molar-refractivity contribution is 6.30. The van der Waals surface area contributed by atoms with Crippen molar-refractivity contribution in [2.24, 2.45) is 0 Å². The summed E-state index contributed by atoms with van der Waals surface area (Å²) >= 11 is 5.80. The molecule has 0 saturated heterocycles.